The zero-order valence-electron chi connectivity index (χ0n) is 37.0. The van der Waals surface area contributed by atoms with Gasteiger partial charge in [0.05, 0.1) is 12.3 Å². The lowest BCUT2D eigenvalue weighted by Gasteiger charge is -2.44. The molecule has 0 aromatic heterocycles. The predicted octanol–water partition coefficient (Wildman–Crippen LogP) is 13.8. The molecule has 0 radical (unpaired) electrons. The Morgan fingerprint density at radius 2 is 1.17 bits per heavy atom. The van der Waals surface area contributed by atoms with E-state index in [4.69, 9.17) is 19.1 Å². The number of halogens is 19. The molecule has 0 bridgehead atoms. The summed E-state index contributed by atoms with van der Waals surface area (Å²) in [4.78, 5) is 24.5. The molecular weight excluding hydrogens is 1010 g/mol. The van der Waals surface area contributed by atoms with Crippen molar-refractivity contribution in [1.82, 2.24) is 5.48 Å². The maximum absolute atomic E-state index is 15.0. The third kappa shape index (κ3) is 12.4. The predicted molar refractivity (Wildman–Crippen MR) is 210 cm³/mol. The Morgan fingerprint density at radius 1 is 0.681 bits per heavy atom. The van der Waals surface area contributed by atoms with E-state index in [1.807, 2.05) is 0 Å². The Kier molecular flexibility index (Phi) is 19.0. The standard InChI is InChI=1S/C41H45F19N2O6Si/c1-21(2)69(22(3)4,17-14-34(44,45)35(46,47)36(48,49)37(50,51)38(52,53)39(54,55)40(56,57)41(58,59)60)67-16-15-66-28-11-8-26(9-12-28)32(25(7)24(6)18-23(5)19-31(63)62-65)68-33(64)61-30-13-10-27(42)20-29(30)43/h8-13,18-22,25,32,65H,14-17H2,1-7H3,(H,61,64)(H,62,63)/b23-19+,24-18+/t25-,32+/m1/s1. The van der Waals surface area contributed by atoms with E-state index in [0.29, 0.717) is 17.2 Å². The minimum atomic E-state index is -8.73. The van der Waals surface area contributed by atoms with E-state index in [1.165, 1.54) is 70.4 Å². The number of nitrogens with one attached hydrogen (secondary N) is 2. The third-order valence-electron chi connectivity index (χ3n) is 11.0. The van der Waals surface area contributed by atoms with E-state index in [2.05, 4.69) is 5.32 Å². The number of hydroxylamine groups is 1. The summed E-state index contributed by atoms with van der Waals surface area (Å²) in [6.07, 6.45) is -10.3. The molecule has 2 amide bonds. The molecule has 0 spiro atoms. The van der Waals surface area contributed by atoms with Gasteiger partial charge in [-0.15, -0.1) is 0 Å². The number of carbonyl (C=O) groups excluding carboxylic acids is 2. The Morgan fingerprint density at radius 3 is 1.64 bits per heavy atom. The van der Waals surface area contributed by atoms with Crippen LogP contribution >= 0.6 is 0 Å². The largest absolute Gasteiger partial charge is 0.491 e. The van der Waals surface area contributed by atoms with Crippen LogP contribution in [0.25, 0.3) is 0 Å². The lowest BCUT2D eigenvalue weighted by Crippen LogP contribution is -2.74. The molecule has 8 nitrogen and oxygen atoms in total. The number of rotatable bonds is 23. The zero-order valence-corrected chi connectivity index (χ0v) is 38.0. The van der Waals surface area contributed by atoms with Crippen molar-refractivity contribution in [2.24, 2.45) is 5.92 Å². The van der Waals surface area contributed by atoms with Crippen molar-refractivity contribution in [3.8, 4) is 5.75 Å². The fourth-order valence-electron chi connectivity index (χ4n) is 6.81. The van der Waals surface area contributed by atoms with Gasteiger partial charge in [-0.05, 0) is 66.4 Å². The summed E-state index contributed by atoms with van der Waals surface area (Å²) in [6, 6.07) is 6.27. The van der Waals surface area contributed by atoms with E-state index in [1.54, 1.807) is 13.8 Å². The molecule has 2 rings (SSSR count). The minimum Gasteiger partial charge on any atom is -0.491 e. The van der Waals surface area contributed by atoms with Crippen molar-refractivity contribution < 1.29 is 112 Å². The fraction of sp³-hybridized carbons (Fsp3) is 0.561. The first-order valence-electron chi connectivity index (χ1n) is 19.9. The van der Waals surface area contributed by atoms with Crippen molar-refractivity contribution >= 4 is 26.0 Å². The molecule has 0 heterocycles. The van der Waals surface area contributed by atoms with E-state index < -0.39 is 134 Å². The van der Waals surface area contributed by atoms with Crippen molar-refractivity contribution in [1.29, 1.82) is 0 Å². The molecule has 28 heteroatoms. The van der Waals surface area contributed by atoms with Crippen LogP contribution in [0.2, 0.25) is 17.1 Å². The van der Waals surface area contributed by atoms with Crippen LogP contribution in [0.4, 0.5) is 93.9 Å². The molecule has 2 aromatic carbocycles. The van der Waals surface area contributed by atoms with Crippen LogP contribution in [0, 0.1) is 17.6 Å². The number of alkyl halides is 17. The van der Waals surface area contributed by atoms with Crippen LogP contribution in [0.15, 0.2) is 65.8 Å². The number of hydrogen-bond donors (Lipinski definition) is 3. The summed E-state index contributed by atoms with van der Waals surface area (Å²) in [7, 11) is -4.07. The van der Waals surface area contributed by atoms with Crippen LogP contribution in [0.3, 0.4) is 0 Å². The van der Waals surface area contributed by atoms with Crippen LogP contribution in [0.5, 0.6) is 5.75 Å². The molecule has 0 saturated carbocycles. The number of carbonyl (C=O) groups is 2. The summed E-state index contributed by atoms with van der Waals surface area (Å²) in [6.45, 7) is 8.72. The van der Waals surface area contributed by atoms with E-state index >= 15 is 8.78 Å². The maximum atomic E-state index is 15.0. The van der Waals surface area contributed by atoms with Crippen molar-refractivity contribution in [2.75, 3.05) is 18.5 Å². The third-order valence-corrected chi connectivity index (χ3v) is 16.7. The van der Waals surface area contributed by atoms with Gasteiger partial charge in [-0.2, -0.15) is 74.6 Å². The van der Waals surface area contributed by atoms with Gasteiger partial charge >= 0.3 is 53.7 Å². The molecule has 392 valence electrons. The van der Waals surface area contributed by atoms with Gasteiger partial charge in [-0.1, -0.05) is 58.4 Å². The average molecular weight is 1050 g/mol. The maximum Gasteiger partial charge on any atom is 0.460 e. The molecule has 0 aliphatic heterocycles. The molecule has 0 aliphatic rings. The minimum absolute atomic E-state index is 0.0266. The second kappa shape index (κ2) is 21.7. The van der Waals surface area contributed by atoms with Crippen molar-refractivity contribution in [3.05, 3.63) is 83.0 Å². The van der Waals surface area contributed by atoms with Gasteiger partial charge in [0.15, 0.2) is 8.32 Å². The average Bonchev–Trinajstić information content (AvgIpc) is 3.22. The molecule has 0 unspecified atom stereocenters. The SMILES string of the molecule is CC(=C\C(=O)NO)/C=C(\C)[C@@H](C)[C@H](OC(=O)Nc1ccc(F)cc1F)c1ccc(OCCO[Si](CCC(F)(F)C(F)(F)C(F)(F)C(F)(F)C(F)(F)C(F)(F)C(F)(F)C(F)(F)F)(C(C)C)C(C)C)cc1. The highest BCUT2D eigenvalue weighted by Crippen LogP contribution is 2.64. The molecule has 2 aromatic rings. The summed E-state index contributed by atoms with van der Waals surface area (Å²) >= 11 is 0. The van der Waals surface area contributed by atoms with Gasteiger partial charge in [-0.25, -0.2) is 19.1 Å². The molecular formula is C41H45F19N2O6Si. The highest BCUT2D eigenvalue weighted by molar-refractivity contribution is 6.76. The van der Waals surface area contributed by atoms with Crippen molar-refractivity contribution in [2.45, 2.75) is 126 Å². The van der Waals surface area contributed by atoms with Crippen LogP contribution in [0.1, 0.15) is 66.6 Å². The second-order valence-corrected chi connectivity index (χ2v) is 21.3. The van der Waals surface area contributed by atoms with E-state index in [-0.39, 0.29) is 11.3 Å². The molecule has 3 N–H and O–H groups in total. The van der Waals surface area contributed by atoms with Crippen LogP contribution < -0.4 is 15.5 Å². The number of allylic oxidation sites excluding steroid dienone is 2. The Hall–Kier alpha value is -4.73. The summed E-state index contributed by atoms with van der Waals surface area (Å²) in [5.74, 6) is -60.7. The molecule has 0 aliphatic carbocycles. The van der Waals surface area contributed by atoms with Gasteiger partial charge in [0.1, 0.15) is 30.1 Å². The molecule has 2 atom stereocenters. The number of ether oxygens (including phenoxy) is 2. The van der Waals surface area contributed by atoms with Gasteiger partial charge in [0, 0.05) is 24.5 Å². The van der Waals surface area contributed by atoms with Gasteiger partial charge in [0.25, 0.3) is 5.91 Å². The number of hydrogen-bond acceptors (Lipinski definition) is 6. The van der Waals surface area contributed by atoms with Crippen LogP contribution in [-0.2, 0) is 14.0 Å². The number of anilines is 1. The zero-order chi connectivity index (χ0) is 53.7. The Bertz CT molecular complexity index is 2140. The lowest BCUT2D eigenvalue weighted by atomic mass is 9.88. The van der Waals surface area contributed by atoms with Crippen molar-refractivity contribution in [3.63, 3.8) is 0 Å². The summed E-state index contributed by atoms with van der Waals surface area (Å²) in [5.41, 5.74) is 0.182. The highest BCUT2D eigenvalue weighted by Gasteiger charge is 2.95. The quantitative estimate of drug-likeness (QED) is 0.0195. The van der Waals surface area contributed by atoms with E-state index in [0.717, 1.165) is 18.2 Å². The van der Waals surface area contributed by atoms with Gasteiger partial charge in [0.2, 0.25) is 0 Å². The van der Waals surface area contributed by atoms with Gasteiger partial charge < -0.3 is 13.9 Å². The first kappa shape index (κ1) is 60.4. The molecule has 0 fully saturated rings. The fourth-order valence-corrected chi connectivity index (χ4v) is 11.3. The Labute approximate surface area is 382 Å². The highest BCUT2D eigenvalue weighted by atomic mass is 28.4. The van der Waals surface area contributed by atoms with Gasteiger partial charge in [-0.3, -0.25) is 15.3 Å². The molecule has 69 heavy (non-hydrogen) atoms. The number of amides is 2. The first-order chi connectivity index (χ1) is 31.1. The number of benzene rings is 2. The summed E-state index contributed by atoms with van der Waals surface area (Å²) in [5, 5.41) is 11.0. The lowest BCUT2D eigenvalue weighted by molar-refractivity contribution is -0.461. The second-order valence-electron chi connectivity index (χ2n) is 16.3. The van der Waals surface area contributed by atoms with E-state index in [9.17, 15) is 84.2 Å². The monoisotopic (exact) mass is 1050 g/mol. The Balaban J connectivity index is 2.37. The molecule has 0 saturated heterocycles. The normalized spacial score (nSPS) is 15.3. The smallest absolute Gasteiger partial charge is 0.460 e. The topological polar surface area (TPSA) is 106 Å². The summed E-state index contributed by atoms with van der Waals surface area (Å²) < 4.78 is 281. The first-order valence-corrected chi connectivity index (χ1v) is 22.2. The van der Waals surface area contributed by atoms with Crippen LogP contribution in [-0.4, -0.2) is 86.4 Å².